The number of carbonyl (C=O) groups excluding carboxylic acids is 1. The first-order chi connectivity index (χ1) is 9.51. The summed E-state index contributed by atoms with van der Waals surface area (Å²) in [6, 6.07) is 0.292. The summed E-state index contributed by atoms with van der Waals surface area (Å²) >= 11 is 0. The first-order valence-corrected chi connectivity index (χ1v) is 8.14. The lowest BCUT2D eigenvalue weighted by Gasteiger charge is -2.60. The second kappa shape index (κ2) is 6.44. The predicted octanol–water partition coefficient (Wildman–Crippen LogP) is 2.31. The maximum Gasteiger partial charge on any atom is 0.224 e. The summed E-state index contributed by atoms with van der Waals surface area (Å²) in [5.74, 6) is 0.185. The van der Waals surface area contributed by atoms with Crippen LogP contribution >= 0.6 is 0 Å². The van der Waals surface area contributed by atoms with Gasteiger partial charge in [-0.2, -0.15) is 0 Å². The maximum absolute atomic E-state index is 12.3. The molecule has 1 amide bonds. The molecule has 2 aliphatic carbocycles. The van der Waals surface area contributed by atoms with Gasteiger partial charge in [0, 0.05) is 37.6 Å². The minimum absolute atomic E-state index is 0.0602. The SMILES string of the molecule is CCOC1CC(N(C)C(=O)CC(C)N)C12CCCCC2. The summed E-state index contributed by atoms with van der Waals surface area (Å²) in [6.45, 7) is 4.73. The number of amides is 1. The molecule has 116 valence electrons. The number of hydrogen-bond acceptors (Lipinski definition) is 3. The van der Waals surface area contributed by atoms with Crippen LogP contribution < -0.4 is 5.73 Å². The maximum atomic E-state index is 12.3. The monoisotopic (exact) mass is 282 g/mol. The van der Waals surface area contributed by atoms with Gasteiger partial charge < -0.3 is 15.4 Å². The van der Waals surface area contributed by atoms with E-state index in [1.165, 1.54) is 32.1 Å². The van der Waals surface area contributed by atoms with Crippen molar-refractivity contribution in [1.82, 2.24) is 4.90 Å². The molecule has 3 unspecified atom stereocenters. The average molecular weight is 282 g/mol. The third-order valence-electron chi connectivity index (χ3n) is 5.25. The molecule has 2 saturated carbocycles. The van der Waals surface area contributed by atoms with Gasteiger partial charge in [-0.05, 0) is 33.1 Å². The number of nitrogens with zero attached hydrogens (tertiary/aromatic N) is 1. The smallest absolute Gasteiger partial charge is 0.224 e. The van der Waals surface area contributed by atoms with Crippen molar-refractivity contribution < 1.29 is 9.53 Å². The van der Waals surface area contributed by atoms with Crippen LogP contribution in [0.2, 0.25) is 0 Å². The summed E-state index contributed by atoms with van der Waals surface area (Å²) in [7, 11) is 1.95. The van der Waals surface area contributed by atoms with Gasteiger partial charge in [0.15, 0.2) is 0 Å². The fraction of sp³-hybridized carbons (Fsp3) is 0.938. The lowest BCUT2D eigenvalue weighted by atomic mass is 9.54. The first kappa shape index (κ1) is 15.8. The van der Waals surface area contributed by atoms with Crippen molar-refractivity contribution >= 4 is 5.91 Å². The molecule has 0 aromatic rings. The topological polar surface area (TPSA) is 55.6 Å². The van der Waals surface area contributed by atoms with Crippen molar-refractivity contribution in [1.29, 1.82) is 0 Å². The minimum Gasteiger partial charge on any atom is -0.378 e. The van der Waals surface area contributed by atoms with E-state index in [4.69, 9.17) is 10.5 Å². The molecule has 3 atom stereocenters. The van der Waals surface area contributed by atoms with Crippen LogP contribution in [0.3, 0.4) is 0 Å². The minimum atomic E-state index is -0.0602. The van der Waals surface area contributed by atoms with E-state index in [0.717, 1.165) is 13.0 Å². The van der Waals surface area contributed by atoms with Crippen LogP contribution in [0.1, 0.15) is 58.8 Å². The highest BCUT2D eigenvalue weighted by Crippen LogP contribution is 2.55. The molecular formula is C16H30N2O2. The first-order valence-electron chi connectivity index (χ1n) is 8.14. The normalized spacial score (nSPS) is 29.8. The molecule has 0 bridgehead atoms. The Morgan fingerprint density at radius 2 is 2.05 bits per heavy atom. The van der Waals surface area contributed by atoms with Crippen molar-refractivity contribution in [2.24, 2.45) is 11.1 Å². The van der Waals surface area contributed by atoms with Gasteiger partial charge in [-0.1, -0.05) is 19.3 Å². The quantitative estimate of drug-likeness (QED) is 0.842. The molecule has 1 spiro atoms. The molecule has 0 radical (unpaired) electrons. The number of carbonyl (C=O) groups is 1. The molecule has 0 aromatic heterocycles. The largest absolute Gasteiger partial charge is 0.378 e. The fourth-order valence-electron chi connectivity index (χ4n) is 4.16. The van der Waals surface area contributed by atoms with Gasteiger partial charge in [0.1, 0.15) is 0 Å². The van der Waals surface area contributed by atoms with E-state index in [-0.39, 0.29) is 17.4 Å². The highest BCUT2D eigenvalue weighted by atomic mass is 16.5. The number of nitrogens with two attached hydrogens (primary N) is 1. The van der Waals surface area contributed by atoms with Crippen LogP contribution in [0.15, 0.2) is 0 Å². The Labute approximate surface area is 123 Å². The van der Waals surface area contributed by atoms with Gasteiger partial charge in [0.05, 0.1) is 6.10 Å². The van der Waals surface area contributed by atoms with E-state index in [2.05, 4.69) is 6.92 Å². The second-order valence-electron chi connectivity index (χ2n) is 6.68. The van der Waals surface area contributed by atoms with Gasteiger partial charge >= 0.3 is 0 Å². The van der Waals surface area contributed by atoms with Crippen LogP contribution in [-0.2, 0) is 9.53 Å². The molecule has 0 heterocycles. The number of rotatable bonds is 5. The molecule has 2 N–H and O–H groups in total. The second-order valence-corrected chi connectivity index (χ2v) is 6.68. The van der Waals surface area contributed by atoms with Gasteiger partial charge in [0.2, 0.25) is 5.91 Å². The average Bonchev–Trinajstić information content (AvgIpc) is 2.42. The summed E-state index contributed by atoms with van der Waals surface area (Å²) in [5.41, 5.74) is 5.98. The molecule has 2 aliphatic rings. The van der Waals surface area contributed by atoms with E-state index in [9.17, 15) is 4.79 Å². The highest BCUT2D eigenvalue weighted by Gasteiger charge is 2.57. The Kier molecular flexibility index (Phi) is 5.08. The zero-order valence-corrected chi connectivity index (χ0v) is 13.2. The Bertz CT molecular complexity index is 337. The zero-order chi connectivity index (χ0) is 14.8. The van der Waals surface area contributed by atoms with Gasteiger partial charge in [-0.15, -0.1) is 0 Å². The molecule has 4 nitrogen and oxygen atoms in total. The molecule has 0 saturated heterocycles. The summed E-state index contributed by atoms with van der Waals surface area (Å²) in [4.78, 5) is 14.2. The zero-order valence-electron chi connectivity index (χ0n) is 13.2. The Balaban J connectivity index is 2.05. The van der Waals surface area contributed by atoms with Crippen LogP contribution in [0, 0.1) is 5.41 Å². The Morgan fingerprint density at radius 1 is 1.40 bits per heavy atom. The number of ether oxygens (including phenoxy) is 1. The lowest BCUT2D eigenvalue weighted by molar-refractivity contribution is -0.185. The van der Waals surface area contributed by atoms with Crippen molar-refractivity contribution in [2.75, 3.05) is 13.7 Å². The van der Waals surface area contributed by atoms with E-state index in [1.807, 2.05) is 18.9 Å². The Morgan fingerprint density at radius 3 is 2.60 bits per heavy atom. The van der Waals surface area contributed by atoms with Crippen LogP contribution in [0.25, 0.3) is 0 Å². The summed E-state index contributed by atoms with van der Waals surface area (Å²) in [5, 5.41) is 0. The van der Waals surface area contributed by atoms with Crippen molar-refractivity contribution in [3.63, 3.8) is 0 Å². The van der Waals surface area contributed by atoms with Crippen molar-refractivity contribution in [3.8, 4) is 0 Å². The lowest BCUT2D eigenvalue weighted by Crippen LogP contribution is -2.65. The van der Waals surface area contributed by atoms with Crippen molar-refractivity contribution in [3.05, 3.63) is 0 Å². The van der Waals surface area contributed by atoms with Crippen LogP contribution in [0.5, 0.6) is 0 Å². The van der Waals surface area contributed by atoms with E-state index in [1.54, 1.807) is 0 Å². The highest BCUT2D eigenvalue weighted by molar-refractivity contribution is 5.77. The molecular weight excluding hydrogens is 252 g/mol. The molecule has 4 heteroatoms. The molecule has 20 heavy (non-hydrogen) atoms. The standard InChI is InChI=1S/C16H30N2O2/c1-4-20-14-11-13(16(14)8-6-5-7-9-16)18(3)15(19)10-12(2)17/h12-14H,4-11,17H2,1-3H3. The van der Waals surface area contributed by atoms with Gasteiger partial charge in [0.25, 0.3) is 0 Å². The molecule has 2 rings (SSSR count). The van der Waals surface area contributed by atoms with Crippen molar-refractivity contribution in [2.45, 2.75) is 77.0 Å². The summed E-state index contributed by atoms with van der Waals surface area (Å²) in [6.07, 6.45) is 8.08. The number of hydrogen-bond donors (Lipinski definition) is 1. The van der Waals surface area contributed by atoms with E-state index >= 15 is 0 Å². The van der Waals surface area contributed by atoms with Crippen LogP contribution in [-0.4, -0.2) is 42.6 Å². The van der Waals surface area contributed by atoms with Gasteiger partial charge in [-0.3, -0.25) is 4.79 Å². The van der Waals surface area contributed by atoms with Gasteiger partial charge in [-0.25, -0.2) is 0 Å². The fourth-order valence-corrected chi connectivity index (χ4v) is 4.16. The third-order valence-corrected chi connectivity index (χ3v) is 5.25. The summed E-state index contributed by atoms with van der Waals surface area (Å²) < 4.78 is 5.95. The molecule has 2 fully saturated rings. The Hall–Kier alpha value is -0.610. The van der Waals surface area contributed by atoms with E-state index in [0.29, 0.717) is 18.6 Å². The van der Waals surface area contributed by atoms with E-state index < -0.39 is 0 Å². The molecule has 0 aliphatic heterocycles. The molecule has 0 aromatic carbocycles. The predicted molar refractivity (Wildman–Crippen MR) is 80.4 cm³/mol. The third kappa shape index (κ3) is 2.86. The van der Waals surface area contributed by atoms with Crippen LogP contribution in [0.4, 0.5) is 0 Å².